The Kier molecular flexibility index (Phi) is 5.20. The Morgan fingerprint density at radius 3 is 2.55 bits per heavy atom. The van der Waals surface area contributed by atoms with E-state index in [-0.39, 0.29) is 23.6 Å². The topological polar surface area (TPSA) is 97.9 Å². The number of amides is 1. The highest BCUT2D eigenvalue weighted by Crippen LogP contribution is 2.36. The van der Waals surface area contributed by atoms with Crippen molar-refractivity contribution in [3.8, 4) is 0 Å². The van der Waals surface area contributed by atoms with Crippen LogP contribution in [0.1, 0.15) is 21.6 Å². The molecular formula is C21H15F3N6O. The average Bonchev–Trinajstić information content (AvgIpc) is 2.77. The molecule has 31 heavy (non-hydrogen) atoms. The van der Waals surface area contributed by atoms with Gasteiger partial charge in [0.05, 0.1) is 35.0 Å². The zero-order valence-corrected chi connectivity index (χ0v) is 15.9. The molecule has 2 N–H and O–H groups in total. The third kappa shape index (κ3) is 4.27. The monoisotopic (exact) mass is 424 g/mol. The summed E-state index contributed by atoms with van der Waals surface area (Å²) in [6.45, 7) is -0.158. The Labute approximate surface area is 174 Å². The first-order chi connectivity index (χ1) is 14.8. The van der Waals surface area contributed by atoms with E-state index >= 15 is 0 Å². The molecule has 0 aliphatic heterocycles. The lowest BCUT2D eigenvalue weighted by Gasteiger charge is -2.25. The summed E-state index contributed by atoms with van der Waals surface area (Å²) in [6.07, 6.45) is 0.469. The third-order valence-electron chi connectivity index (χ3n) is 4.47. The molecule has 7 nitrogen and oxygen atoms in total. The number of nitrogens with zero attached hydrogens (tertiary/aromatic N) is 5. The second kappa shape index (κ2) is 7.98. The lowest BCUT2D eigenvalue weighted by Crippen LogP contribution is -2.32. The van der Waals surface area contributed by atoms with Crippen molar-refractivity contribution in [1.82, 2.24) is 19.9 Å². The average molecular weight is 424 g/mol. The van der Waals surface area contributed by atoms with E-state index in [0.717, 1.165) is 11.1 Å². The summed E-state index contributed by atoms with van der Waals surface area (Å²) in [7, 11) is 0. The second-order valence-corrected chi connectivity index (χ2v) is 6.62. The number of hydrogen-bond donors (Lipinski definition) is 1. The summed E-state index contributed by atoms with van der Waals surface area (Å²) in [5.74, 6) is -0.440. The number of halogens is 3. The molecule has 4 aromatic rings. The molecule has 0 saturated heterocycles. The van der Waals surface area contributed by atoms with E-state index in [9.17, 15) is 18.0 Å². The van der Waals surface area contributed by atoms with Gasteiger partial charge in [-0.2, -0.15) is 13.2 Å². The maximum absolute atomic E-state index is 13.6. The second-order valence-electron chi connectivity index (χ2n) is 6.62. The number of nitrogen functional groups attached to an aromatic ring is 1. The number of carbonyl (C=O) groups excluding carboxylic acids is 1. The van der Waals surface area contributed by atoms with Crippen LogP contribution in [0.4, 0.5) is 24.7 Å². The minimum Gasteiger partial charge on any atom is -0.382 e. The van der Waals surface area contributed by atoms with E-state index < -0.39 is 17.8 Å². The Balaban J connectivity index is 1.81. The predicted octanol–water partition coefficient (Wildman–Crippen LogP) is 3.87. The first-order valence-corrected chi connectivity index (χ1v) is 9.08. The van der Waals surface area contributed by atoms with Gasteiger partial charge in [0.2, 0.25) is 0 Å². The molecule has 4 rings (SSSR count). The molecular weight excluding hydrogens is 409 g/mol. The van der Waals surface area contributed by atoms with Crippen LogP contribution in [0.5, 0.6) is 0 Å². The van der Waals surface area contributed by atoms with Crippen LogP contribution in [0.25, 0.3) is 11.0 Å². The zero-order chi connectivity index (χ0) is 22.0. The van der Waals surface area contributed by atoms with Crippen LogP contribution in [-0.4, -0.2) is 25.8 Å². The summed E-state index contributed by atoms with van der Waals surface area (Å²) < 4.78 is 40.9. The summed E-state index contributed by atoms with van der Waals surface area (Å²) in [5, 5.41) is 0. The smallest absolute Gasteiger partial charge is 0.382 e. The van der Waals surface area contributed by atoms with Crippen molar-refractivity contribution in [2.45, 2.75) is 12.7 Å². The van der Waals surface area contributed by atoms with Crippen LogP contribution in [0.3, 0.4) is 0 Å². The number of fused-ring (bicyclic) bond motifs is 1. The SMILES string of the molecule is Nc1cnc2ccc(CN(C(=O)c3cccnc3)c3cccnc3C(F)(F)F)cc2n1. The van der Waals surface area contributed by atoms with E-state index in [1.54, 1.807) is 18.2 Å². The number of alkyl halides is 3. The molecule has 1 aromatic carbocycles. The number of hydrogen-bond acceptors (Lipinski definition) is 6. The van der Waals surface area contributed by atoms with Gasteiger partial charge in [-0.1, -0.05) is 6.07 Å². The largest absolute Gasteiger partial charge is 0.435 e. The number of benzene rings is 1. The van der Waals surface area contributed by atoms with Crippen LogP contribution in [0.2, 0.25) is 0 Å². The highest BCUT2D eigenvalue weighted by Gasteiger charge is 2.38. The molecule has 0 unspecified atom stereocenters. The number of pyridine rings is 2. The molecule has 156 valence electrons. The maximum Gasteiger partial charge on any atom is 0.435 e. The van der Waals surface area contributed by atoms with Gasteiger partial charge >= 0.3 is 6.18 Å². The molecule has 1 amide bonds. The van der Waals surface area contributed by atoms with Gasteiger partial charge in [0, 0.05) is 18.6 Å². The van der Waals surface area contributed by atoms with Crippen LogP contribution < -0.4 is 10.6 Å². The third-order valence-corrected chi connectivity index (χ3v) is 4.47. The molecule has 0 bridgehead atoms. The zero-order valence-electron chi connectivity index (χ0n) is 15.9. The van der Waals surface area contributed by atoms with Crippen LogP contribution in [0, 0.1) is 0 Å². The normalized spacial score (nSPS) is 11.5. The van der Waals surface area contributed by atoms with E-state index in [1.807, 2.05) is 0 Å². The van der Waals surface area contributed by atoms with E-state index in [4.69, 9.17) is 5.73 Å². The van der Waals surface area contributed by atoms with Crippen molar-refractivity contribution in [2.75, 3.05) is 10.6 Å². The van der Waals surface area contributed by atoms with Crippen molar-refractivity contribution in [1.29, 1.82) is 0 Å². The minimum atomic E-state index is -4.74. The Hall–Kier alpha value is -4.08. The first kappa shape index (κ1) is 20.2. The van der Waals surface area contributed by atoms with E-state index in [2.05, 4.69) is 19.9 Å². The molecule has 0 aliphatic rings. The standard InChI is InChI=1S/C21H15F3N6O/c22-21(23,24)19-17(4-2-8-27-19)30(20(31)14-3-1-7-26-10-14)12-13-5-6-15-16(9-13)29-18(25)11-28-15/h1-11H,12H2,(H2,25,29). The Bertz CT molecular complexity index is 1250. The number of carbonyl (C=O) groups is 1. The number of anilines is 2. The van der Waals surface area contributed by atoms with Gasteiger partial charge in [-0.05, 0) is 42.0 Å². The molecule has 0 radical (unpaired) electrons. The number of rotatable bonds is 4. The van der Waals surface area contributed by atoms with Crippen LogP contribution in [-0.2, 0) is 12.7 Å². The quantitative estimate of drug-likeness (QED) is 0.534. The fourth-order valence-electron chi connectivity index (χ4n) is 3.10. The van der Waals surface area contributed by atoms with Gasteiger partial charge in [0.15, 0.2) is 5.69 Å². The van der Waals surface area contributed by atoms with Gasteiger partial charge in [-0.25, -0.2) is 9.97 Å². The highest BCUT2D eigenvalue weighted by atomic mass is 19.4. The molecule has 0 spiro atoms. The van der Waals surface area contributed by atoms with Crippen LogP contribution in [0.15, 0.2) is 67.3 Å². The van der Waals surface area contributed by atoms with Gasteiger partial charge in [0.25, 0.3) is 5.91 Å². The molecule has 0 saturated carbocycles. The fourth-order valence-corrected chi connectivity index (χ4v) is 3.10. The summed E-state index contributed by atoms with van der Waals surface area (Å²) in [6, 6.07) is 10.5. The molecule has 0 fully saturated rings. The summed E-state index contributed by atoms with van der Waals surface area (Å²) >= 11 is 0. The summed E-state index contributed by atoms with van der Waals surface area (Å²) in [5.41, 5.74) is 5.89. The molecule has 3 aromatic heterocycles. The lowest BCUT2D eigenvalue weighted by molar-refractivity contribution is -0.140. The molecule has 10 heteroatoms. The number of nitrogens with two attached hydrogens (primary N) is 1. The lowest BCUT2D eigenvalue weighted by atomic mass is 10.1. The first-order valence-electron chi connectivity index (χ1n) is 9.08. The van der Waals surface area contributed by atoms with E-state index in [1.165, 1.54) is 42.9 Å². The maximum atomic E-state index is 13.6. The fraction of sp³-hybridized carbons (Fsp3) is 0.0952. The number of aromatic nitrogens is 4. The van der Waals surface area contributed by atoms with Crippen molar-refractivity contribution >= 4 is 28.4 Å². The van der Waals surface area contributed by atoms with Gasteiger partial charge in [0.1, 0.15) is 5.82 Å². The van der Waals surface area contributed by atoms with E-state index in [0.29, 0.717) is 16.6 Å². The Morgan fingerprint density at radius 1 is 1.00 bits per heavy atom. The van der Waals surface area contributed by atoms with Crippen LogP contribution >= 0.6 is 0 Å². The van der Waals surface area contributed by atoms with Crippen molar-refractivity contribution < 1.29 is 18.0 Å². The highest BCUT2D eigenvalue weighted by molar-refractivity contribution is 6.06. The molecule has 0 atom stereocenters. The van der Waals surface area contributed by atoms with Crippen molar-refractivity contribution in [3.05, 3.63) is 84.1 Å². The molecule has 0 aliphatic carbocycles. The van der Waals surface area contributed by atoms with Crippen molar-refractivity contribution in [2.24, 2.45) is 0 Å². The Morgan fingerprint density at radius 2 is 1.81 bits per heavy atom. The van der Waals surface area contributed by atoms with Gasteiger partial charge in [-0.15, -0.1) is 0 Å². The van der Waals surface area contributed by atoms with Crippen molar-refractivity contribution in [3.63, 3.8) is 0 Å². The van der Waals surface area contributed by atoms with Gasteiger partial charge < -0.3 is 10.6 Å². The predicted molar refractivity (Wildman–Crippen MR) is 108 cm³/mol. The van der Waals surface area contributed by atoms with Gasteiger partial charge in [-0.3, -0.25) is 14.8 Å². The summed E-state index contributed by atoms with van der Waals surface area (Å²) in [4.78, 5) is 29.9. The minimum absolute atomic E-state index is 0.143. The molecule has 3 heterocycles.